The number of carbonyl (C=O) groups is 1. The molecular formula is C16H23N4O2+. The number of quaternary nitrogens is 1. The smallest absolute Gasteiger partial charge is 0.275 e. The summed E-state index contributed by atoms with van der Waals surface area (Å²) in [7, 11) is 1.93. The second-order valence-corrected chi connectivity index (χ2v) is 5.90. The molecule has 0 bridgehead atoms. The Morgan fingerprint density at radius 2 is 2.14 bits per heavy atom. The predicted molar refractivity (Wildman–Crippen MR) is 83.2 cm³/mol. The molecule has 0 fully saturated rings. The van der Waals surface area contributed by atoms with E-state index in [9.17, 15) is 4.79 Å². The van der Waals surface area contributed by atoms with Gasteiger partial charge in [0.05, 0.1) is 7.05 Å². The Balaban J connectivity index is 1.96. The lowest BCUT2D eigenvalue weighted by molar-refractivity contribution is -0.886. The molecule has 2 N–H and O–H groups in total. The van der Waals surface area contributed by atoms with Crippen molar-refractivity contribution >= 4 is 5.91 Å². The first-order chi connectivity index (χ1) is 10.4. The molecule has 6 nitrogen and oxygen atoms in total. The van der Waals surface area contributed by atoms with Crippen LogP contribution in [0.3, 0.4) is 0 Å². The van der Waals surface area contributed by atoms with E-state index in [0.29, 0.717) is 24.9 Å². The van der Waals surface area contributed by atoms with Crippen LogP contribution in [-0.2, 0) is 11.3 Å². The van der Waals surface area contributed by atoms with Crippen LogP contribution >= 0.6 is 0 Å². The Bertz CT molecular complexity index is 637. The summed E-state index contributed by atoms with van der Waals surface area (Å²) in [4.78, 5) is 12.7. The molecule has 2 rings (SSSR count). The van der Waals surface area contributed by atoms with Crippen LogP contribution in [0.25, 0.3) is 11.5 Å². The third kappa shape index (κ3) is 4.66. The molecule has 6 heteroatoms. The number of rotatable bonds is 6. The normalized spacial score (nSPS) is 12.4. The zero-order valence-corrected chi connectivity index (χ0v) is 13.5. The third-order valence-corrected chi connectivity index (χ3v) is 3.10. The van der Waals surface area contributed by atoms with E-state index in [2.05, 4.69) is 15.5 Å². The van der Waals surface area contributed by atoms with Crippen LogP contribution in [-0.4, -0.2) is 35.7 Å². The highest BCUT2D eigenvalue weighted by molar-refractivity contribution is 5.77. The average molecular weight is 303 g/mol. The SMILES string of the molecule is Cc1cccc(-c2nnc(C[NH+](C)CC(=O)NC(C)C)o2)c1. The lowest BCUT2D eigenvalue weighted by Crippen LogP contribution is -3.09. The fraction of sp³-hybridized carbons (Fsp3) is 0.438. The average Bonchev–Trinajstić information content (AvgIpc) is 2.85. The molecule has 1 atom stereocenters. The molecule has 1 heterocycles. The van der Waals surface area contributed by atoms with E-state index in [1.54, 1.807) is 0 Å². The van der Waals surface area contributed by atoms with E-state index in [-0.39, 0.29) is 11.9 Å². The minimum absolute atomic E-state index is 0.0194. The van der Waals surface area contributed by atoms with Gasteiger partial charge in [0, 0.05) is 11.6 Å². The molecule has 0 spiro atoms. The van der Waals surface area contributed by atoms with E-state index >= 15 is 0 Å². The van der Waals surface area contributed by atoms with Crippen LogP contribution in [0.2, 0.25) is 0 Å². The molecule has 0 aliphatic rings. The first-order valence-corrected chi connectivity index (χ1v) is 7.44. The molecule has 0 radical (unpaired) electrons. The van der Waals surface area contributed by atoms with Crippen molar-refractivity contribution in [3.8, 4) is 11.5 Å². The van der Waals surface area contributed by atoms with E-state index in [4.69, 9.17) is 4.42 Å². The van der Waals surface area contributed by atoms with Gasteiger partial charge < -0.3 is 14.6 Å². The van der Waals surface area contributed by atoms with E-state index < -0.39 is 0 Å². The van der Waals surface area contributed by atoms with Crippen molar-refractivity contribution < 1.29 is 14.1 Å². The summed E-state index contributed by atoms with van der Waals surface area (Å²) >= 11 is 0. The van der Waals surface area contributed by atoms with Crippen LogP contribution in [0.1, 0.15) is 25.3 Å². The number of nitrogens with zero attached hydrogens (tertiary/aromatic N) is 2. The van der Waals surface area contributed by atoms with Gasteiger partial charge in [0.1, 0.15) is 0 Å². The summed E-state index contributed by atoms with van der Waals surface area (Å²) in [5.74, 6) is 1.07. The highest BCUT2D eigenvalue weighted by Gasteiger charge is 2.16. The molecular weight excluding hydrogens is 280 g/mol. The topological polar surface area (TPSA) is 72.5 Å². The number of amides is 1. The fourth-order valence-electron chi connectivity index (χ4n) is 2.19. The number of aryl methyl sites for hydroxylation is 1. The van der Waals surface area contributed by atoms with Crippen molar-refractivity contribution in [1.29, 1.82) is 0 Å². The summed E-state index contributed by atoms with van der Waals surface area (Å²) in [6.45, 7) is 6.80. The molecule has 1 aromatic heterocycles. The second-order valence-electron chi connectivity index (χ2n) is 5.90. The van der Waals surface area contributed by atoms with Gasteiger partial charge in [-0.2, -0.15) is 0 Å². The molecule has 0 saturated heterocycles. The van der Waals surface area contributed by atoms with E-state index in [1.165, 1.54) is 0 Å². The van der Waals surface area contributed by atoms with Crippen molar-refractivity contribution in [2.45, 2.75) is 33.4 Å². The monoisotopic (exact) mass is 303 g/mol. The van der Waals surface area contributed by atoms with Crippen LogP contribution < -0.4 is 10.2 Å². The van der Waals surface area contributed by atoms with E-state index in [1.807, 2.05) is 52.1 Å². The standard InChI is InChI=1S/C16H22N4O2/c1-11(2)17-14(21)9-20(4)10-15-18-19-16(22-15)13-7-5-6-12(3)8-13/h5-8,11H,9-10H2,1-4H3,(H,17,21)/p+1. The third-order valence-electron chi connectivity index (χ3n) is 3.10. The van der Waals surface area contributed by atoms with Crippen molar-refractivity contribution in [2.24, 2.45) is 0 Å². The molecule has 1 aromatic carbocycles. The Kier molecular flexibility index (Phi) is 5.27. The Hall–Kier alpha value is -2.21. The number of hydrogen-bond acceptors (Lipinski definition) is 4. The first kappa shape index (κ1) is 16.2. The lowest BCUT2D eigenvalue weighted by Gasteiger charge is -2.13. The lowest BCUT2D eigenvalue weighted by atomic mass is 10.1. The number of nitrogens with one attached hydrogen (secondary N) is 2. The molecule has 0 aliphatic heterocycles. The van der Waals surface area contributed by atoms with Crippen molar-refractivity contribution in [1.82, 2.24) is 15.5 Å². The van der Waals surface area contributed by atoms with Crippen LogP contribution in [0, 0.1) is 6.92 Å². The van der Waals surface area contributed by atoms with Gasteiger partial charge in [-0.15, -0.1) is 10.2 Å². The molecule has 1 amide bonds. The van der Waals surface area contributed by atoms with Gasteiger partial charge in [-0.3, -0.25) is 4.79 Å². The highest BCUT2D eigenvalue weighted by atomic mass is 16.4. The maximum atomic E-state index is 11.7. The molecule has 1 unspecified atom stereocenters. The summed E-state index contributed by atoms with van der Waals surface area (Å²) in [6, 6.07) is 8.08. The molecule has 22 heavy (non-hydrogen) atoms. The number of carbonyl (C=O) groups excluding carboxylic acids is 1. The molecule has 0 saturated carbocycles. The number of benzene rings is 1. The minimum atomic E-state index is 0.0194. The Morgan fingerprint density at radius 3 is 2.82 bits per heavy atom. The van der Waals surface area contributed by atoms with Crippen LogP contribution in [0.4, 0.5) is 0 Å². The summed E-state index contributed by atoms with van der Waals surface area (Å²) in [5.41, 5.74) is 2.05. The van der Waals surface area contributed by atoms with Gasteiger partial charge in [-0.05, 0) is 32.9 Å². The zero-order valence-electron chi connectivity index (χ0n) is 13.5. The Morgan fingerprint density at radius 1 is 1.36 bits per heavy atom. The van der Waals surface area contributed by atoms with Gasteiger partial charge in [0.2, 0.25) is 5.89 Å². The maximum Gasteiger partial charge on any atom is 0.275 e. The predicted octanol–water partition coefficient (Wildman–Crippen LogP) is 0.584. The highest BCUT2D eigenvalue weighted by Crippen LogP contribution is 2.18. The van der Waals surface area contributed by atoms with Crippen LogP contribution in [0.15, 0.2) is 28.7 Å². The van der Waals surface area contributed by atoms with Gasteiger partial charge in [0.25, 0.3) is 11.8 Å². The summed E-state index contributed by atoms with van der Waals surface area (Å²) < 4.78 is 5.68. The van der Waals surface area contributed by atoms with Gasteiger partial charge in [-0.1, -0.05) is 17.7 Å². The van der Waals surface area contributed by atoms with E-state index in [0.717, 1.165) is 16.0 Å². The Labute approximate surface area is 130 Å². The van der Waals surface area contributed by atoms with Gasteiger partial charge in [0.15, 0.2) is 13.1 Å². The summed E-state index contributed by atoms with van der Waals surface area (Å²) in [5, 5.41) is 11.0. The molecule has 2 aromatic rings. The summed E-state index contributed by atoms with van der Waals surface area (Å²) in [6.07, 6.45) is 0. The van der Waals surface area contributed by atoms with Crippen molar-refractivity contribution in [2.75, 3.05) is 13.6 Å². The zero-order chi connectivity index (χ0) is 16.1. The number of aromatic nitrogens is 2. The minimum Gasteiger partial charge on any atom is -0.415 e. The largest absolute Gasteiger partial charge is 0.415 e. The fourth-order valence-corrected chi connectivity index (χ4v) is 2.19. The number of hydrogen-bond donors (Lipinski definition) is 2. The molecule has 0 aliphatic carbocycles. The maximum absolute atomic E-state index is 11.7. The number of likely N-dealkylation sites (N-methyl/N-ethyl adjacent to an activating group) is 1. The first-order valence-electron chi connectivity index (χ1n) is 7.44. The van der Waals surface area contributed by atoms with Crippen molar-refractivity contribution in [3.63, 3.8) is 0 Å². The van der Waals surface area contributed by atoms with Gasteiger partial charge >= 0.3 is 0 Å². The molecule has 118 valence electrons. The quantitative estimate of drug-likeness (QED) is 0.819. The van der Waals surface area contributed by atoms with Crippen LogP contribution in [0.5, 0.6) is 0 Å². The van der Waals surface area contributed by atoms with Gasteiger partial charge in [-0.25, -0.2) is 0 Å². The second kappa shape index (κ2) is 7.17. The van der Waals surface area contributed by atoms with Crippen molar-refractivity contribution in [3.05, 3.63) is 35.7 Å².